The lowest BCUT2D eigenvalue weighted by Crippen LogP contribution is -2.27. The highest BCUT2D eigenvalue weighted by molar-refractivity contribution is 5.97. The van der Waals surface area contributed by atoms with Crippen LogP contribution in [0.4, 0.5) is 0 Å². The van der Waals surface area contributed by atoms with E-state index < -0.39 is 0 Å². The van der Waals surface area contributed by atoms with Crippen molar-refractivity contribution in [2.24, 2.45) is 0 Å². The molecule has 0 aliphatic rings. The molecular formula is C20H21NO4. The third-order valence-corrected chi connectivity index (χ3v) is 4.18. The third-order valence-electron chi connectivity index (χ3n) is 4.18. The highest BCUT2D eigenvalue weighted by Crippen LogP contribution is 2.29. The van der Waals surface area contributed by atoms with Gasteiger partial charge in [-0.2, -0.15) is 0 Å². The molecule has 0 saturated heterocycles. The summed E-state index contributed by atoms with van der Waals surface area (Å²) in [5.41, 5.74) is 1.60. The predicted octanol–water partition coefficient (Wildman–Crippen LogP) is 4.33. The van der Waals surface area contributed by atoms with Crippen LogP contribution in [0.2, 0.25) is 0 Å². The molecule has 3 aromatic rings. The average molecular weight is 339 g/mol. The molecule has 1 atom stereocenters. The Balaban J connectivity index is 1.82. The first-order valence-electron chi connectivity index (χ1n) is 8.17. The first-order valence-corrected chi connectivity index (χ1v) is 8.17. The molecule has 0 aliphatic heterocycles. The second-order valence-corrected chi connectivity index (χ2v) is 5.70. The van der Waals surface area contributed by atoms with E-state index in [1.165, 1.54) is 0 Å². The molecule has 1 N–H and O–H groups in total. The van der Waals surface area contributed by atoms with E-state index in [0.29, 0.717) is 11.3 Å². The van der Waals surface area contributed by atoms with Gasteiger partial charge < -0.3 is 19.2 Å². The zero-order valence-electron chi connectivity index (χ0n) is 14.5. The van der Waals surface area contributed by atoms with Crippen molar-refractivity contribution in [1.29, 1.82) is 0 Å². The standard InChI is InChI=1S/C20H21NO4/c1-4-16(13-8-10-15(23-2)11-9-13)21-20(22)18-12-14-6-5-7-17(24-3)19(14)25-18/h5-12,16H,4H2,1-3H3,(H,21,22)/t16-/m1/s1. The van der Waals surface area contributed by atoms with Gasteiger partial charge in [-0.1, -0.05) is 31.2 Å². The number of carbonyl (C=O) groups excluding carboxylic acids is 1. The average Bonchev–Trinajstić information content (AvgIpc) is 3.10. The minimum absolute atomic E-state index is 0.103. The fourth-order valence-electron chi connectivity index (χ4n) is 2.80. The van der Waals surface area contributed by atoms with Gasteiger partial charge in [-0.25, -0.2) is 0 Å². The summed E-state index contributed by atoms with van der Waals surface area (Å²) >= 11 is 0. The maximum absolute atomic E-state index is 12.6. The van der Waals surface area contributed by atoms with Crippen LogP contribution in [0.1, 0.15) is 35.5 Å². The number of hydrogen-bond donors (Lipinski definition) is 1. The summed E-state index contributed by atoms with van der Waals surface area (Å²) in [7, 11) is 3.21. The predicted molar refractivity (Wildman–Crippen MR) is 96.3 cm³/mol. The fourth-order valence-corrected chi connectivity index (χ4v) is 2.80. The number of benzene rings is 2. The Hall–Kier alpha value is -2.95. The van der Waals surface area contributed by atoms with Crippen LogP contribution in [0.5, 0.6) is 11.5 Å². The summed E-state index contributed by atoms with van der Waals surface area (Å²) in [5, 5.41) is 3.86. The Bertz CT molecular complexity index is 867. The maximum atomic E-state index is 12.6. The van der Waals surface area contributed by atoms with Crippen LogP contribution >= 0.6 is 0 Å². The zero-order chi connectivity index (χ0) is 17.8. The SMILES string of the molecule is CC[C@@H](NC(=O)c1cc2cccc(OC)c2o1)c1ccc(OC)cc1. The van der Waals surface area contributed by atoms with Gasteiger partial charge >= 0.3 is 0 Å². The van der Waals surface area contributed by atoms with Gasteiger partial charge in [0.2, 0.25) is 0 Å². The molecule has 130 valence electrons. The zero-order valence-corrected chi connectivity index (χ0v) is 14.5. The number of ether oxygens (including phenoxy) is 2. The molecule has 25 heavy (non-hydrogen) atoms. The molecule has 0 saturated carbocycles. The number of furan rings is 1. The summed E-state index contributed by atoms with van der Waals surface area (Å²) in [6, 6.07) is 14.9. The second-order valence-electron chi connectivity index (χ2n) is 5.70. The van der Waals surface area contributed by atoms with Crippen molar-refractivity contribution in [2.45, 2.75) is 19.4 Å². The number of amides is 1. The van der Waals surface area contributed by atoms with Crippen molar-refractivity contribution in [3.05, 3.63) is 59.9 Å². The number of hydrogen-bond acceptors (Lipinski definition) is 4. The van der Waals surface area contributed by atoms with E-state index in [1.54, 1.807) is 26.4 Å². The van der Waals surface area contributed by atoms with Crippen molar-refractivity contribution < 1.29 is 18.7 Å². The number of para-hydroxylation sites is 1. The molecule has 0 fully saturated rings. The molecule has 0 aliphatic carbocycles. The van der Waals surface area contributed by atoms with Crippen LogP contribution in [0, 0.1) is 0 Å². The number of nitrogens with one attached hydrogen (secondary N) is 1. The largest absolute Gasteiger partial charge is 0.497 e. The number of rotatable bonds is 6. The van der Waals surface area contributed by atoms with Crippen LogP contribution in [0.3, 0.4) is 0 Å². The van der Waals surface area contributed by atoms with Gasteiger partial charge in [0.1, 0.15) is 5.75 Å². The normalized spacial score (nSPS) is 12.0. The highest BCUT2D eigenvalue weighted by atomic mass is 16.5. The summed E-state index contributed by atoms with van der Waals surface area (Å²) in [6.07, 6.45) is 0.765. The summed E-state index contributed by atoms with van der Waals surface area (Å²) in [6.45, 7) is 2.02. The van der Waals surface area contributed by atoms with Crippen LogP contribution in [0.25, 0.3) is 11.0 Å². The third kappa shape index (κ3) is 3.45. The Labute approximate surface area is 146 Å². The van der Waals surface area contributed by atoms with Gasteiger partial charge in [0, 0.05) is 5.39 Å². The van der Waals surface area contributed by atoms with E-state index in [9.17, 15) is 4.79 Å². The van der Waals surface area contributed by atoms with Crippen LogP contribution in [0.15, 0.2) is 52.9 Å². The molecule has 1 amide bonds. The van der Waals surface area contributed by atoms with Crippen LogP contribution < -0.4 is 14.8 Å². The molecule has 1 aromatic heterocycles. The Morgan fingerprint density at radius 2 is 1.88 bits per heavy atom. The molecule has 0 unspecified atom stereocenters. The van der Waals surface area contributed by atoms with Gasteiger partial charge in [0.15, 0.2) is 17.1 Å². The summed E-state index contributed by atoms with van der Waals surface area (Å²) in [4.78, 5) is 12.6. The molecule has 0 radical (unpaired) electrons. The molecule has 2 aromatic carbocycles. The van der Waals surface area contributed by atoms with Crippen LogP contribution in [-0.2, 0) is 0 Å². The molecule has 0 spiro atoms. The number of fused-ring (bicyclic) bond motifs is 1. The van der Waals surface area contributed by atoms with Gasteiger partial charge in [-0.05, 0) is 36.2 Å². The van der Waals surface area contributed by atoms with Crippen molar-refractivity contribution >= 4 is 16.9 Å². The van der Waals surface area contributed by atoms with Gasteiger partial charge in [-0.15, -0.1) is 0 Å². The van der Waals surface area contributed by atoms with Crippen molar-refractivity contribution in [3.63, 3.8) is 0 Å². The van der Waals surface area contributed by atoms with Gasteiger partial charge in [-0.3, -0.25) is 4.79 Å². The maximum Gasteiger partial charge on any atom is 0.287 e. The number of methoxy groups -OCH3 is 2. The molecule has 1 heterocycles. The molecular weight excluding hydrogens is 318 g/mol. The first kappa shape index (κ1) is 16.9. The number of carbonyl (C=O) groups is 1. The van der Waals surface area contributed by atoms with Gasteiger partial charge in [0.25, 0.3) is 5.91 Å². The Morgan fingerprint density at radius 3 is 2.52 bits per heavy atom. The van der Waals surface area contributed by atoms with E-state index in [1.807, 2.05) is 43.3 Å². The molecule has 0 bridgehead atoms. The van der Waals surface area contributed by atoms with E-state index in [-0.39, 0.29) is 17.7 Å². The van der Waals surface area contributed by atoms with E-state index in [2.05, 4.69) is 5.32 Å². The lowest BCUT2D eigenvalue weighted by molar-refractivity contribution is 0.0909. The van der Waals surface area contributed by atoms with Crippen molar-refractivity contribution in [3.8, 4) is 11.5 Å². The topological polar surface area (TPSA) is 60.7 Å². The Kier molecular flexibility index (Phi) is 4.93. The van der Waals surface area contributed by atoms with Crippen molar-refractivity contribution in [1.82, 2.24) is 5.32 Å². The monoisotopic (exact) mass is 339 g/mol. The smallest absolute Gasteiger partial charge is 0.287 e. The summed E-state index contributed by atoms with van der Waals surface area (Å²) < 4.78 is 16.2. The highest BCUT2D eigenvalue weighted by Gasteiger charge is 2.18. The first-order chi connectivity index (χ1) is 12.2. The lowest BCUT2D eigenvalue weighted by atomic mass is 10.0. The fraction of sp³-hybridized carbons (Fsp3) is 0.250. The molecule has 5 heteroatoms. The minimum atomic E-state index is -0.249. The lowest BCUT2D eigenvalue weighted by Gasteiger charge is -2.17. The second kappa shape index (κ2) is 7.30. The summed E-state index contributed by atoms with van der Waals surface area (Å²) in [5.74, 6) is 1.42. The van der Waals surface area contributed by atoms with Gasteiger partial charge in [0.05, 0.1) is 20.3 Å². The van der Waals surface area contributed by atoms with Crippen molar-refractivity contribution in [2.75, 3.05) is 14.2 Å². The molecule has 3 rings (SSSR count). The van der Waals surface area contributed by atoms with E-state index in [0.717, 1.165) is 23.1 Å². The van der Waals surface area contributed by atoms with Crippen LogP contribution in [-0.4, -0.2) is 20.1 Å². The van der Waals surface area contributed by atoms with E-state index in [4.69, 9.17) is 13.9 Å². The minimum Gasteiger partial charge on any atom is -0.497 e. The van der Waals surface area contributed by atoms with E-state index >= 15 is 0 Å². The Morgan fingerprint density at radius 1 is 1.12 bits per heavy atom. The molecule has 5 nitrogen and oxygen atoms in total. The quantitative estimate of drug-likeness (QED) is 0.726.